The predicted molar refractivity (Wildman–Crippen MR) is 132 cm³/mol. The van der Waals surface area contributed by atoms with Crippen LogP contribution in [0.3, 0.4) is 0 Å². The average molecular weight is 490 g/mol. The molecule has 162 valence electrons. The van der Waals surface area contributed by atoms with Crippen LogP contribution in [0.25, 0.3) is 21.9 Å². The van der Waals surface area contributed by atoms with Gasteiger partial charge < -0.3 is 5.11 Å². The molecule has 0 amide bonds. The normalized spacial score (nSPS) is 11.7. The molecular formula is C27H24BrNO3. The molecule has 0 aliphatic carbocycles. The Balaban J connectivity index is 2.00. The zero-order valence-corrected chi connectivity index (χ0v) is 19.8. The summed E-state index contributed by atoms with van der Waals surface area (Å²) >= 11 is 3.51. The van der Waals surface area contributed by atoms with Gasteiger partial charge in [-0.3, -0.25) is 14.2 Å². The fraction of sp³-hybridized carbons (Fsp3) is 0.185. The van der Waals surface area contributed by atoms with E-state index in [1.54, 1.807) is 24.5 Å². The molecule has 1 heterocycles. The van der Waals surface area contributed by atoms with Gasteiger partial charge in [0, 0.05) is 22.3 Å². The maximum Gasteiger partial charge on any atom is 0.259 e. The Kier molecular flexibility index (Phi) is 5.89. The molecule has 0 atom stereocenters. The second-order valence-electron chi connectivity index (χ2n) is 8.48. The Labute approximate surface area is 195 Å². The van der Waals surface area contributed by atoms with E-state index in [-0.39, 0.29) is 17.9 Å². The third-order valence-electron chi connectivity index (χ3n) is 5.63. The summed E-state index contributed by atoms with van der Waals surface area (Å²) in [6.07, 6.45) is 0. The molecule has 4 rings (SSSR count). The second-order valence-corrected chi connectivity index (χ2v) is 9.40. The van der Waals surface area contributed by atoms with E-state index in [0.717, 1.165) is 32.1 Å². The lowest BCUT2D eigenvalue weighted by Gasteiger charge is -2.20. The highest BCUT2D eigenvalue weighted by molar-refractivity contribution is 9.10. The number of pyridine rings is 1. The van der Waals surface area contributed by atoms with Gasteiger partial charge in [0.05, 0.1) is 17.8 Å². The summed E-state index contributed by atoms with van der Waals surface area (Å²) in [6.45, 7) is 5.21. The van der Waals surface area contributed by atoms with Crippen molar-refractivity contribution < 1.29 is 9.90 Å². The van der Waals surface area contributed by atoms with Crippen LogP contribution in [0.2, 0.25) is 0 Å². The lowest BCUT2D eigenvalue weighted by molar-refractivity contribution is 0.0786. The number of carbonyl (C=O) groups excluding carboxylic acids is 1. The number of carbonyl (C=O) groups is 1. The van der Waals surface area contributed by atoms with Gasteiger partial charge in [-0.1, -0.05) is 70.5 Å². The van der Waals surface area contributed by atoms with E-state index in [1.165, 1.54) is 6.92 Å². The summed E-state index contributed by atoms with van der Waals surface area (Å²) in [4.78, 5) is 26.4. The number of aromatic nitrogens is 1. The average Bonchev–Trinajstić information content (AvgIpc) is 2.75. The van der Waals surface area contributed by atoms with Crippen LogP contribution in [0.5, 0.6) is 0 Å². The van der Waals surface area contributed by atoms with E-state index < -0.39 is 5.60 Å². The zero-order valence-electron chi connectivity index (χ0n) is 18.2. The van der Waals surface area contributed by atoms with Crippen LogP contribution in [0.1, 0.15) is 42.4 Å². The molecule has 0 radical (unpaired) electrons. The highest BCUT2D eigenvalue weighted by Gasteiger charge is 2.22. The molecule has 0 saturated carbocycles. The lowest BCUT2D eigenvalue weighted by atomic mass is 9.94. The first kappa shape index (κ1) is 22.2. The van der Waals surface area contributed by atoms with E-state index in [9.17, 15) is 14.7 Å². The summed E-state index contributed by atoms with van der Waals surface area (Å²) in [5.74, 6) is -0.170. The van der Waals surface area contributed by atoms with E-state index in [2.05, 4.69) is 15.9 Å². The minimum Gasteiger partial charge on any atom is -0.386 e. The van der Waals surface area contributed by atoms with Crippen molar-refractivity contribution in [3.05, 3.63) is 104 Å². The van der Waals surface area contributed by atoms with Crippen LogP contribution in [0.15, 0.2) is 82.1 Å². The maximum absolute atomic E-state index is 13.5. The standard InChI is InChI=1S/C27H24BrNO3/c1-17(30)25-24(19-7-5-4-6-8-19)23-15-21(28)13-14-22(23)26(31)29(25)16-18-9-11-20(12-10-18)27(2,3)32/h4-15,32H,16H2,1-3H3. The van der Waals surface area contributed by atoms with E-state index in [0.29, 0.717) is 11.1 Å². The van der Waals surface area contributed by atoms with Crippen molar-refractivity contribution in [3.63, 3.8) is 0 Å². The number of benzene rings is 3. The van der Waals surface area contributed by atoms with Gasteiger partial charge in [0.2, 0.25) is 0 Å². The molecule has 1 N–H and O–H groups in total. The number of Topliss-reactive ketones (excluding diaryl/α,β-unsaturated/α-hetero) is 1. The summed E-state index contributed by atoms with van der Waals surface area (Å²) in [7, 11) is 0. The first-order valence-electron chi connectivity index (χ1n) is 10.4. The number of hydrogen-bond acceptors (Lipinski definition) is 3. The number of fused-ring (bicyclic) bond motifs is 1. The molecule has 0 bridgehead atoms. The van der Waals surface area contributed by atoms with Gasteiger partial charge in [-0.15, -0.1) is 0 Å². The fourth-order valence-corrected chi connectivity index (χ4v) is 4.39. The van der Waals surface area contributed by atoms with Crippen molar-refractivity contribution in [3.8, 4) is 11.1 Å². The minimum absolute atomic E-state index is 0.170. The molecular weight excluding hydrogens is 466 g/mol. The molecule has 0 unspecified atom stereocenters. The molecule has 32 heavy (non-hydrogen) atoms. The van der Waals surface area contributed by atoms with Crippen LogP contribution >= 0.6 is 15.9 Å². The molecule has 0 fully saturated rings. The Hall–Kier alpha value is -3.02. The van der Waals surface area contributed by atoms with Gasteiger partial charge in [0.15, 0.2) is 5.78 Å². The molecule has 3 aromatic carbocycles. The Bertz CT molecular complexity index is 1360. The van der Waals surface area contributed by atoms with Gasteiger partial charge in [-0.05, 0) is 54.1 Å². The predicted octanol–water partition coefficient (Wildman–Crippen LogP) is 5.91. The van der Waals surface area contributed by atoms with Crippen molar-refractivity contribution in [2.24, 2.45) is 0 Å². The number of ketones is 1. The number of halogens is 1. The smallest absolute Gasteiger partial charge is 0.259 e. The first-order chi connectivity index (χ1) is 15.2. The van der Waals surface area contributed by atoms with Crippen LogP contribution in [-0.4, -0.2) is 15.5 Å². The van der Waals surface area contributed by atoms with Gasteiger partial charge in [0.1, 0.15) is 0 Å². The summed E-state index contributed by atoms with van der Waals surface area (Å²) in [5.41, 5.74) is 2.53. The molecule has 0 aliphatic heterocycles. The van der Waals surface area contributed by atoms with Crippen LogP contribution in [0.4, 0.5) is 0 Å². The quantitative estimate of drug-likeness (QED) is 0.354. The Morgan fingerprint density at radius 1 is 0.969 bits per heavy atom. The largest absolute Gasteiger partial charge is 0.386 e. The topological polar surface area (TPSA) is 59.3 Å². The van der Waals surface area contributed by atoms with Crippen LogP contribution in [0, 0.1) is 0 Å². The number of hydrogen-bond donors (Lipinski definition) is 1. The summed E-state index contributed by atoms with van der Waals surface area (Å²) in [5, 5.41) is 11.5. The third kappa shape index (κ3) is 4.18. The third-order valence-corrected chi connectivity index (χ3v) is 6.12. The van der Waals surface area contributed by atoms with Crippen LogP contribution < -0.4 is 5.56 Å². The molecule has 4 aromatic rings. The fourth-order valence-electron chi connectivity index (χ4n) is 4.03. The number of nitrogens with zero attached hydrogens (tertiary/aromatic N) is 1. The van der Waals surface area contributed by atoms with Gasteiger partial charge in [-0.25, -0.2) is 0 Å². The lowest BCUT2D eigenvalue weighted by Crippen LogP contribution is -2.27. The monoisotopic (exact) mass is 489 g/mol. The van der Waals surface area contributed by atoms with E-state index in [1.807, 2.05) is 66.7 Å². The summed E-state index contributed by atoms with van der Waals surface area (Å²) in [6, 6.07) is 22.7. The second kappa shape index (κ2) is 8.49. The first-order valence-corrected chi connectivity index (χ1v) is 11.2. The zero-order chi connectivity index (χ0) is 23.0. The van der Waals surface area contributed by atoms with Crippen LogP contribution in [-0.2, 0) is 12.1 Å². The van der Waals surface area contributed by atoms with Gasteiger partial charge in [-0.2, -0.15) is 0 Å². The molecule has 0 spiro atoms. The van der Waals surface area contributed by atoms with Crippen molar-refractivity contribution in [2.75, 3.05) is 0 Å². The highest BCUT2D eigenvalue weighted by Crippen LogP contribution is 2.33. The number of rotatable bonds is 5. The van der Waals surface area contributed by atoms with Crippen molar-refractivity contribution in [1.29, 1.82) is 0 Å². The Morgan fingerprint density at radius 2 is 1.62 bits per heavy atom. The molecule has 5 heteroatoms. The van der Waals surface area contributed by atoms with Gasteiger partial charge in [0.25, 0.3) is 5.56 Å². The van der Waals surface area contributed by atoms with E-state index >= 15 is 0 Å². The van der Waals surface area contributed by atoms with Crippen molar-refractivity contribution in [2.45, 2.75) is 32.9 Å². The maximum atomic E-state index is 13.5. The summed E-state index contributed by atoms with van der Waals surface area (Å²) < 4.78 is 2.41. The highest BCUT2D eigenvalue weighted by atomic mass is 79.9. The minimum atomic E-state index is -0.948. The number of aliphatic hydroxyl groups is 1. The van der Waals surface area contributed by atoms with Crippen molar-refractivity contribution >= 4 is 32.5 Å². The van der Waals surface area contributed by atoms with Gasteiger partial charge >= 0.3 is 0 Å². The van der Waals surface area contributed by atoms with E-state index in [4.69, 9.17) is 0 Å². The Morgan fingerprint density at radius 3 is 2.22 bits per heavy atom. The van der Waals surface area contributed by atoms with Crippen molar-refractivity contribution in [1.82, 2.24) is 4.57 Å². The molecule has 0 saturated heterocycles. The molecule has 1 aromatic heterocycles. The molecule has 0 aliphatic rings. The SMILES string of the molecule is CC(=O)c1c(-c2ccccc2)c2cc(Br)ccc2c(=O)n1Cc1ccc(C(C)(C)O)cc1. The molecule has 4 nitrogen and oxygen atoms in total.